The summed E-state index contributed by atoms with van der Waals surface area (Å²) in [7, 11) is 3.45. The molecule has 0 amide bonds. The van der Waals surface area contributed by atoms with E-state index in [1.807, 2.05) is 24.3 Å². The standard InChI is InChI=1S/C20H26O2S2/c1-3-5-15-21-17-11-7-9-13-19(17)23-24-20-14-10-8-12-18(20)22-16-6-4-2/h7-14H,3-6,15-16H2,1-2H3. The van der Waals surface area contributed by atoms with E-state index in [1.54, 1.807) is 21.6 Å². The molecule has 0 fully saturated rings. The van der Waals surface area contributed by atoms with Gasteiger partial charge in [0.15, 0.2) is 0 Å². The van der Waals surface area contributed by atoms with E-state index in [4.69, 9.17) is 9.47 Å². The Morgan fingerprint density at radius 3 is 1.50 bits per heavy atom. The molecule has 0 aliphatic carbocycles. The van der Waals surface area contributed by atoms with Crippen LogP contribution in [0.5, 0.6) is 11.5 Å². The molecule has 0 bridgehead atoms. The number of para-hydroxylation sites is 2. The number of rotatable bonds is 11. The lowest BCUT2D eigenvalue weighted by Crippen LogP contribution is -1.97. The van der Waals surface area contributed by atoms with Crippen LogP contribution < -0.4 is 9.47 Å². The highest BCUT2D eigenvalue weighted by molar-refractivity contribution is 8.76. The largest absolute Gasteiger partial charge is 0.492 e. The number of ether oxygens (including phenoxy) is 2. The molecule has 0 aromatic heterocycles. The zero-order valence-corrected chi connectivity index (χ0v) is 16.1. The topological polar surface area (TPSA) is 18.5 Å². The summed E-state index contributed by atoms with van der Waals surface area (Å²) in [5, 5.41) is 0. The summed E-state index contributed by atoms with van der Waals surface area (Å²) in [6.07, 6.45) is 4.46. The molecule has 130 valence electrons. The van der Waals surface area contributed by atoms with E-state index in [1.165, 1.54) is 0 Å². The van der Waals surface area contributed by atoms with Crippen LogP contribution in [0, 0.1) is 0 Å². The minimum absolute atomic E-state index is 0.773. The van der Waals surface area contributed by atoms with Crippen molar-refractivity contribution in [3.8, 4) is 11.5 Å². The second kappa shape index (κ2) is 11.3. The molecule has 0 saturated carbocycles. The van der Waals surface area contributed by atoms with Crippen molar-refractivity contribution >= 4 is 21.6 Å². The average Bonchev–Trinajstić information content (AvgIpc) is 2.62. The van der Waals surface area contributed by atoms with Crippen LogP contribution in [0.4, 0.5) is 0 Å². The summed E-state index contributed by atoms with van der Waals surface area (Å²) in [6, 6.07) is 16.5. The van der Waals surface area contributed by atoms with Gasteiger partial charge in [0.05, 0.1) is 23.0 Å². The van der Waals surface area contributed by atoms with E-state index in [2.05, 4.69) is 38.1 Å². The molecule has 0 aliphatic heterocycles. The van der Waals surface area contributed by atoms with Gasteiger partial charge in [0, 0.05) is 0 Å². The lowest BCUT2D eigenvalue weighted by molar-refractivity contribution is 0.302. The van der Waals surface area contributed by atoms with Gasteiger partial charge in [-0.3, -0.25) is 0 Å². The van der Waals surface area contributed by atoms with E-state index in [0.29, 0.717) is 0 Å². The van der Waals surface area contributed by atoms with E-state index in [-0.39, 0.29) is 0 Å². The fourth-order valence-corrected chi connectivity index (χ4v) is 4.25. The van der Waals surface area contributed by atoms with Crippen LogP contribution in [-0.2, 0) is 0 Å². The Labute approximate surface area is 153 Å². The van der Waals surface area contributed by atoms with Crippen LogP contribution in [0.3, 0.4) is 0 Å². The summed E-state index contributed by atoms with van der Waals surface area (Å²) in [4.78, 5) is 2.31. The summed E-state index contributed by atoms with van der Waals surface area (Å²) in [5.41, 5.74) is 0. The van der Waals surface area contributed by atoms with Gasteiger partial charge in [0.1, 0.15) is 11.5 Å². The Balaban J connectivity index is 1.98. The van der Waals surface area contributed by atoms with Crippen molar-refractivity contribution in [2.45, 2.75) is 49.3 Å². The normalized spacial score (nSPS) is 10.6. The Kier molecular flexibility index (Phi) is 9.00. The van der Waals surface area contributed by atoms with Crippen LogP contribution in [0.1, 0.15) is 39.5 Å². The van der Waals surface area contributed by atoms with Crippen molar-refractivity contribution in [3.63, 3.8) is 0 Å². The molecule has 24 heavy (non-hydrogen) atoms. The van der Waals surface area contributed by atoms with Gasteiger partial charge in [0.2, 0.25) is 0 Å². The zero-order valence-electron chi connectivity index (χ0n) is 14.5. The van der Waals surface area contributed by atoms with Gasteiger partial charge in [0.25, 0.3) is 0 Å². The fourth-order valence-electron chi connectivity index (χ4n) is 2.02. The molecular weight excluding hydrogens is 336 g/mol. The molecule has 0 atom stereocenters. The Morgan fingerprint density at radius 2 is 1.08 bits per heavy atom. The molecule has 2 rings (SSSR count). The van der Waals surface area contributed by atoms with E-state index < -0.39 is 0 Å². The first-order valence-corrected chi connectivity index (χ1v) is 10.8. The predicted molar refractivity (Wildman–Crippen MR) is 105 cm³/mol. The third-order valence-electron chi connectivity index (χ3n) is 3.43. The summed E-state index contributed by atoms with van der Waals surface area (Å²) in [5.74, 6) is 1.93. The maximum absolute atomic E-state index is 5.91. The molecule has 0 aliphatic rings. The lowest BCUT2D eigenvalue weighted by Gasteiger charge is -2.12. The van der Waals surface area contributed by atoms with Gasteiger partial charge in [-0.25, -0.2) is 0 Å². The van der Waals surface area contributed by atoms with Crippen LogP contribution >= 0.6 is 21.6 Å². The predicted octanol–water partition coefficient (Wildman–Crippen LogP) is 6.84. The minimum atomic E-state index is 0.773. The maximum Gasteiger partial charge on any atom is 0.133 e. The zero-order chi connectivity index (χ0) is 17.0. The number of hydrogen-bond acceptors (Lipinski definition) is 4. The van der Waals surface area contributed by atoms with Crippen LogP contribution in [0.25, 0.3) is 0 Å². The first-order valence-electron chi connectivity index (χ1n) is 8.63. The molecule has 0 radical (unpaired) electrons. The average molecular weight is 363 g/mol. The fraction of sp³-hybridized carbons (Fsp3) is 0.400. The SMILES string of the molecule is CCCCOc1ccccc1SSc1ccccc1OCCCC. The monoisotopic (exact) mass is 362 g/mol. The van der Waals surface area contributed by atoms with E-state index >= 15 is 0 Å². The molecule has 2 aromatic rings. The number of unbranched alkanes of at least 4 members (excludes halogenated alkanes) is 2. The number of hydrogen-bond donors (Lipinski definition) is 0. The van der Waals surface area contributed by atoms with Gasteiger partial charge in [-0.1, -0.05) is 51.0 Å². The molecule has 4 heteroatoms. The first-order chi connectivity index (χ1) is 11.8. The Hall–Kier alpha value is -1.26. The first kappa shape index (κ1) is 19.1. The molecular formula is C20H26O2S2. The van der Waals surface area contributed by atoms with Gasteiger partial charge >= 0.3 is 0 Å². The van der Waals surface area contributed by atoms with Crippen molar-refractivity contribution < 1.29 is 9.47 Å². The van der Waals surface area contributed by atoms with Crippen molar-refractivity contribution in [1.82, 2.24) is 0 Å². The highest BCUT2D eigenvalue weighted by Gasteiger charge is 2.08. The minimum Gasteiger partial charge on any atom is -0.492 e. The summed E-state index contributed by atoms with van der Waals surface area (Å²) >= 11 is 0. The third-order valence-corrected chi connectivity index (χ3v) is 5.87. The lowest BCUT2D eigenvalue weighted by atomic mass is 10.3. The molecule has 0 heterocycles. The van der Waals surface area contributed by atoms with Crippen molar-refractivity contribution in [3.05, 3.63) is 48.5 Å². The van der Waals surface area contributed by atoms with Crippen molar-refractivity contribution in [1.29, 1.82) is 0 Å². The molecule has 0 unspecified atom stereocenters. The van der Waals surface area contributed by atoms with E-state index in [9.17, 15) is 0 Å². The van der Waals surface area contributed by atoms with Crippen molar-refractivity contribution in [2.75, 3.05) is 13.2 Å². The third kappa shape index (κ3) is 6.33. The Morgan fingerprint density at radius 1 is 0.667 bits per heavy atom. The van der Waals surface area contributed by atoms with Gasteiger partial charge in [-0.15, -0.1) is 0 Å². The second-order valence-corrected chi connectivity index (χ2v) is 7.68. The van der Waals surface area contributed by atoms with E-state index in [0.717, 1.165) is 60.2 Å². The van der Waals surface area contributed by atoms with Crippen LogP contribution in [0.15, 0.2) is 58.3 Å². The number of benzene rings is 2. The van der Waals surface area contributed by atoms with Crippen LogP contribution in [0.2, 0.25) is 0 Å². The molecule has 0 saturated heterocycles. The molecule has 2 aromatic carbocycles. The highest BCUT2D eigenvalue weighted by Crippen LogP contribution is 2.44. The van der Waals surface area contributed by atoms with Gasteiger partial charge in [-0.2, -0.15) is 0 Å². The summed E-state index contributed by atoms with van der Waals surface area (Å²) < 4.78 is 11.8. The van der Waals surface area contributed by atoms with Crippen molar-refractivity contribution in [2.24, 2.45) is 0 Å². The van der Waals surface area contributed by atoms with Gasteiger partial charge in [-0.05, 0) is 58.7 Å². The smallest absolute Gasteiger partial charge is 0.133 e. The Bertz CT molecular complexity index is 548. The quantitative estimate of drug-likeness (QED) is 0.321. The highest BCUT2D eigenvalue weighted by atomic mass is 33.1. The molecule has 0 N–H and O–H groups in total. The maximum atomic E-state index is 5.91. The van der Waals surface area contributed by atoms with Gasteiger partial charge < -0.3 is 9.47 Å². The summed E-state index contributed by atoms with van der Waals surface area (Å²) in [6.45, 7) is 5.90. The van der Waals surface area contributed by atoms with Crippen LogP contribution in [-0.4, -0.2) is 13.2 Å². The molecule has 0 spiro atoms. The molecule has 2 nitrogen and oxygen atoms in total. The second-order valence-electron chi connectivity index (χ2n) is 5.46.